The number of halogens is 3. The second kappa shape index (κ2) is 8.48. The molecule has 34 heavy (non-hydrogen) atoms. The first kappa shape index (κ1) is 21.9. The smallest absolute Gasteiger partial charge is 0.416 e. The first-order valence-corrected chi connectivity index (χ1v) is 10.7. The van der Waals surface area contributed by atoms with Crippen molar-refractivity contribution in [3.63, 3.8) is 0 Å². The van der Waals surface area contributed by atoms with Crippen molar-refractivity contribution in [3.05, 3.63) is 77.7 Å². The topological polar surface area (TPSA) is 77.2 Å². The fourth-order valence-corrected chi connectivity index (χ4v) is 3.89. The summed E-state index contributed by atoms with van der Waals surface area (Å²) in [5, 5.41) is 10.0. The summed E-state index contributed by atoms with van der Waals surface area (Å²) < 4.78 is 46.2. The summed E-state index contributed by atoms with van der Waals surface area (Å²) in [7, 11) is 0. The van der Waals surface area contributed by atoms with E-state index in [-0.39, 0.29) is 19.1 Å². The summed E-state index contributed by atoms with van der Waals surface area (Å²) in [5.41, 5.74) is 2.23. The Labute approximate surface area is 192 Å². The fraction of sp³-hybridized carbons (Fsp3) is 0.240. The molecule has 1 N–H and O–H groups in total. The highest BCUT2D eigenvalue weighted by Crippen LogP contribution is 2.41. The van der Waals surface area contributed by atoms with Gasteiger partial charge in [-0.25, -0.2) is 9.97 Å². The maximum atomic E-state index is 12.9. The lowest BCUT2D eigenvalue weighted by atomic mass is 10.1. The summed E-state index contributed by atoms with van der Waals surface area (Å²) in [6, 6.07) is 12.2. The third-order valence-electron chi connectivity index (χ3n) is 5.78. The Balaban J connectivity index is 1.37. The van der Waals surface area contributed by atoms with E-state index in [1.807, 2.05) is 18.2 Å². The predicted molar refractivity (Wildman–Crippen MR) is 118 cm³/mol. The summed E-state index contributed by atoms with van der Waals surface area (Å²) in [6.45, 7) is 0.0856. The molecule has 0 saturated heterocycles. The van der Waals surface area contributed by atoms with Gasteiger partial charge in [0.1, 0.15) is 18.9 Å². The van der Waals surface area contributed by atoms with Gasteiger partial charge in [0.05, 0.1) is 16.8 Å². The maximum absolute atomic E-state index is 12.9. The highest BCUT2D eigenvalue weighted by molar-refractivity contribution is 5.83. The van der Waals surface area contributed by atoms with Gasteiger partial charge in [-0.1, -0.05) is 12.1 Å². The molecule has 2 heterocycles. The van der Waals surface area contributed by atoms with Crippen LogP contribution >= 0.6 is 0 Å². The first-order chi connectivity index (χ1) is 16.3. The van der Waals surface area contributed by atoms with Gasteiger partial charge in [-0.05, 0) is 48.6 Å². The van der Waals surface area contributed by atoms with E-state index in [1.54, 1.807) is 23.0 Å². The molecule has 2 aromatic heterocycles. The molecule has 0 bridgehead atoms. The maximum Gasteiger partial charge on any atom is 0.416 e. The van der Waals surface area contributed by atoms with Crippen molar-refractivity contribution in [2.24, 2.45) is 0 Å². The number of fused-ring (bicyclic) bond motifs is 1. The van der Waals surface area contributed by atoms with Crippen LogP contribution in [0.15, 0.2) is 60.9 Å². The van der Waals surface area contributed by atoms with Gasteiger partial charge in [0.2, 0.25) is 0 Å². The zero-order valence-electron chi connectivity index (χ0n) is 17.9. The van der Waals surface area contributed by atoms with Gasteiger partial charge >= 0.3 is 12.1 Å². The Hall–Kier alpha value is -3.88. The van der Waals surface area contributed by atoms with E-state index in [4.69, 9.17) is 9.84 Å². The molecule has 6 nitrogen and oxygen atoms in total. The molecule has 2 aromatic carbocycles. The van der Waals surface area contributed by atoms with Crippen LogP contribution in [0.2, 0.25) is 0 Å². The van der Waals surface area contributed by atoms with Crippen LogP contribution in [-0.4, -0.2) is 25.6 Å². The lowest BCUT2D eigenvalue weighted by Gasteiger charge is -2.12. The Kier molecular flexibility index (Phi) is 5.47. The Morgan fingerprint density at radius 2 is 1.88 bits per heavy atom. The predicted octanol–water partition coefficient (Wildman–Crippen LogP) is 5.66. The van der Waals surface area contributed by atoms with Gasteiger partial charge in [0, 0.05) is 35.5 Å². The molecule has 4 aromatic rings. The van der Waals surface area contributed by atoms with Crippen molar-refractivity contribution < 1.29 is 27.8 Å². The molecule has 174 valence electrons. The molecule has 1 fully saturated rings. The zero-order chi connectivity index (χ0) is 23.9. The van der Waals surface area contributed by atoms with Gasteiger partial charge in [0.25, 0.3) is 0 Å². The number of nitrogens with zero attached hydrogens (tertiary/aromatic N) is 3. The number of aliphatic carboxylic acids is 1. The highest BCUT2D eigenvalue weighted by atomic mass is 19.4. The molecule has 5 rings (SSSR count). The number of carbonyl (C=O) groups is 1. The number of aromatic nitrogens is 3. The van der Waals surface area contributed by atoms with E-state index in [0.717, 1.165) is 47.1 Å². The van der Waals surface area contributed by atoms with Crippen molar-refractivity contribution in [1.29, 1.82) is 0 Å². The van der Waals surface area contributed by atoms with E-state index < -0.39 is 17.7 Å². The lowest BCUT2D eigenvalue weighted by molar-refractivity contribution is -0.138. The number of ether oxygens (including phenoxy) is 1. The van der Waals surface area contributed by atoms with Crippen LogP contribution in [0.3, 0.4) is 0 Å². The molecular formula is C25H20F3N3O3. The second-order valence-corrected chi connectivity index (χ2v) is 8.30. The van der Waals surface area contributed by atoms with Crippen molar-refractivity contribution >= 4 is 16.9 Å². The van der Waals surface area contributed by atoms with E-state index in [1.165, 1.54) is 12.1 Å². The van der Waals surface area contributed by atoms with E-state index in [0.29, 0.717) is 17.1 Å². The molecule has 0 spiro atoms. The van der Waals surface area contributed by atoms with Crippen LogP contribution < -0.4 is 4.74 Å². The van der Waals surface area contributed by atoms with Gasteiger partial charge in [-0.15, -0.1) is 0 Å². The van der Waals surface area contributed by atoms with Gasteiger partial charge in [-0.3, -0.25) is 4.79 Å². The minimum atomic E-state index is -4.39. The molecule has 1 aliphatic carbocycles. The van der Waals surface area contributed by atoms with E-state index in [9.17, 15) is 18.0 Å². The fourth-order valence-electron chi connectivity index (χ4n) is 3.89. The van der Waals surface area contributed by atoms with Crippen molar-refractivity contribution in [3.8, 4) is 17.1 Å². The number of rotatable bonds is 7. The highest BCUT2D eigenvalue weighted by Gasteiger charge is 2.31. The number of hydrogen-bond donors (Lipinski definition) is 1. The van der Waals surface area contributed by atoms with Crippen LogP contribution in [-0.2, 0) is 24.1 Å². The quantitative estimate of drug-likeness (QED) is 0.380. The van der Waals surface area contributed by atoms with Crippen molar-refractivity contribution in [2.45, 2.75) is 38.1 Å². The van der Waals surface area contributed by atoms with Gasteiger partial charge < -0.3 is 14.4 Å². The lowest BCUT2D eigenvalue weighted by Crippen LogP contribution is -2.07. The van der Waals surface area contributed by atoms with Crippen LogP contribution in [0.5, 0.6) is 5.75 Å². The summed E-state index contributed by atoms with van der Waals surface area (Å²) in [5.74, 6) is 0.326. The summed E-state index contributed by atoms with van der Waals surface area (Å²) in [4.78, 5) is 20.1. The number of hydrogen-bond acceptors (Lipinski definition) is 4. The van der Waals surface area contributed by atoms with Crippen LogP contribution in [0.4, 0.5) is 13.2 Å². The summed E-state index contributed by atoms with van der Waals surface area (Å²) >= 11 is 0. The zero-order valence-corrected chi connectivity index (χ0v) is 17.9. The molecule has 0 unspecified atom stereocenters. The molecule has 0 aliphatic heterocycles. The average molecular weight is 467 g/mol. The third-order valence-corrected chi connectivity index (χ3v) is 5.78. The summed E-state index contributed by atoms with van der Waals surface area (Å²) in [6.07, 6.45) is 0.981. The number of carboxylic acids is 1. The molecular weight excluding hydrogens is 447 g/mol. The Morgan fingerprint density at radius 3 is 2.56 bits per heavy atom. The monoisotopic (exact) mass is 467 g/mol. The Bertz CT molecular complexity index is 1360. The van der Waals surface area contributed by atoms with Crippen LogP contribution in [0.1, 0.15) is 35.6 Å². The Morgan fingerprint density at radius 1 is 1.12 bits per heavy atom. The molecule has 0 atom stereocenters. The minimum absolute atomic E-state index is 0.141. The normalized spacial score (nSPS) is 13.9. The molecule has 1 saturated carbocycles. The number of carboxylic acid groups (broad SMARTS) is 1. The van der Waals surface area contributed by atoms with Gasteiger partial charge in [0.15, 0.2) is 5.82 Å². The molecule has 0 amide bonds. The van der Waals surface area contributed by atoms with Gasteiger partial charge in [-0.2, -0.15) is 13.2 Å². The molecule has 9 heteroatoms. The number of benzene rings is 2. The molecule has 0 radical (unpaired) electrons. The van der Waals surface area contributed by atoms with Crippen LogP contribution in [0, 0.1) is 0 Å². The first-order valence-electron chi connectivity index (χ1n) is 10.7. The SMILES string of the molecule is O=C(O)Cn1ccc2ccc(OCc3cnc(-c4ccc(C(F)(F)F)cc4)nc3C3CC3)cc21. The second-order valence-electron chi connectivity index (χ2n) is 8.30. The number of alkyl halides is 3. The van der Waals surface area contributed by atoms with Crippen LogP contribution in [0.25, 0.3) is 22.3 Å². The van der Waals surface area contributed by atoms with Crippen molar-refractivity contribution in [2.75, 3.05) is 0 Å². The average Bonchev–Trinajstić information content (AvgIpc) is 3.59. The third kappa shape index (κ3) is 4.59. The van der Waals surface area contributed by atoms with E-state index >= 15 is 0 Å². The largest absolute Gasteiger partial charge is 0.489 e. The molecule has 1 aliphatic rings. The van der Waals surface area contributed by atoms with Crippen molar-refractivity contribution in [1.82, 2.24) is 14.5 Å². The minimum Gasteiger partial charge on any atom is -0.489 e. The van der Waals surface area contributed by atoms with E-state index in [2.05, 4.69) is 9.97 Å². The standard InChI is InChI=1S/C25H20F3N3O3/c26-25(27,28)19-6-3-17(4-7-19)24-29-12-18(23(30-24)16-1-2-16)14-34-20-8-5-15-9-10-31(13-22(32)33)21(15)11-20/h3-12,16H,1-2,13-14H2,(H,32,33).